The van der Waals surface area contributed by atoms with Gasteiger partial charge in [-0.05, 0) is 37.8 Å². The van der Waals surface area contributed by atoms with Crippen molar-refractivity contribution in [3.05, 3.63) is 47.0 Å². The fourth-order valence-electron chi connectivity index (χ4n) is 2.17. The lowest BCUT2D eigenvalue weighted by molar-refractivity contribution is 0.563. The molecule has 80 valence electrons. The zero-order valence-corrected chi connectivity index (χ0v) is 9.59. The second-order valence-corrected chi connectivity index (χ2v) is 4.48. The third kappa shape index (κ3) is 2.48. The van der Waals surface area contributed by atoms with Crippen molar-refractivity contribution >= 4 is 0 Å². The molecule has 1 atom stereocenters. The van der Waals surface area contributed by atoms with Crippen LogP contribution in [0.15, 0.2) is 35.9 Å². The summed E-state index contributed by atoms with van der Waals surface area (Å²) in [5.74, 6) is 0. The second-order valence-electron chi connectivity index (χ2n) is 4.48. The molecule has 0 spiro atoms. The predicted octanol–water partition coefficient (Wildman–Crippen LogP) is 3.23. The molecule has 1 aliphatic carbocycles. The maximum absolute atomic E-state index is 3.59. The van der Waals surface area contributed by atoms with Gasteiger partial charge in [0.1, 0.15) is 0 Å². The van der Waals surface area contributed by atoms with Crippen LogP contribution in [0.2, 0.25) is 0 Å². The van der Waals surface area contributed by atoms with E-state index in [-0.39, 0.29) is 0 Å². The van der Waals surface area contributed by atoms with Crippen LogP contribution in [0.4, 0.5) is 0 Å². The van der Waals surface area contributed by atoms with Gasteiger partial charge in [-0.3, -0.25) is 0 Å². The molecule has 1 nitrogen and oxygen atoms in total. The van der Waals surface area contributed by atoms with E-state index in [9.17, 15) is 0 Å². The monoisotopic (exact) mass is 201 g/mol. The van der Waals surface area contributed by atoms with Gasteiger partial charge in [-0.25, -0.2) is 0 Å². The molecule has 1 heteroatoms. The van der Waals surface area contributed by atoms with Crippen LogP contribution in [0.1, 0.15) is 37.4 Å². The maximum Gasteiger partial charge on any atom is 0.0328 e. The summed E-state index contributed by atoms with van der Waals surface area (Å²) in [5.41, 5.74) is 4.40. The summed E-state index contributed by atoms with van der Waals surface area (Å²) in [6.07, 6.45) is 4.72. The van der Waals surface area contributed by atoms with Crippen molar-refractivity contribution in [2.45, 2.75) is 32.7 Å². The van der Waals surface area contributed by atoms with E-state index in [2.05, 4.69) is 49.5 Å². The summed E-state index contributed by atoms with van der Waals surface area (Å²) in [6, 6.07) is 9.34. The molecule has 2 rings (SSSR count). The summed E-state index contributed by atoms with van der Waals surface area (Å²) < 4.78 is 0. The molecular weight excluding hydrogens is 182 g/mol. The second kappa shape index (κ2) is 4.63. The Bertz CT molecular complexity index is 361. The molecule has 0 bridgehead atoms. The molecule has 1 aromatic carbocycles. The van der Waals surface area contributed by atoms with Crippen molar-refractivity contribution in [2.75, 3.05) is 6.54 Å². The standard InChI is InChI=1S/C14H19N/c1-11(2)9-10-15-14-8-7-12-5-3-4-6-13(12)14/h3-6,9,14-15H,7-8,10H2,1-2H3. The highest BCUT2D eigenvalue weighted by molar-refractivity contribution is 5.34. The first-order chi connectivity index (χ1) is 7.27. The third-order valence-electron chi connectivity index (χ3n) is 3.01. The highest BCUT2D eigenvalue weighted by Crippen LogP contribution is 2.30. The van der Waals surface area contributed by atoms with Crippen molar-refractivity contribution in [3.8, 4) is 0 Å². The van der Waals surface area contributed by atoms with E-state index < -0.39 is 0 Å². The first-order valence-electron chi connectivity index (χ1n) is 5.72. The van der Waals surface area contributed by atoms with E-state index in [1.807, 2.05) is 0 Å². The van der Waals surface area contributed by atoms with Gasteiger partial charge >= 0.3 is 0 Å². The largest absolute Gasteiger partial charge is 0.306 e. The Morgan fingerprint density at radius 1 is 1.40 bits per heavy atom. The van der Waals surface area contributed by atoms with Gasteiger partial charge in [-0.2, -0.15) is 0 Å². The molecule has 1 aliphatic rings. The van der Waals surface area contributed by atoms with E-state index in [4.69, 9.17) is 0 Å². The van der Waals surface area contributed by atoms with Crippen molar-refractivity contribution in [2.24, 2.45) is 0 Å². The molecule has 1 N–H and O–H groups in total. The number of hydrogen-bond donors (Lipinski definition) is 1. The lowest BCUT2D eigenvalue weighted by Crippen LogP contribution is -2.19. The minimum atomic E-state index is 0.566. The van der Waals surface area contributed by atoms with Gasteiger partial charge in [0, 0.05) is 12.6 Å². The van der Waals surface area contributed by atoms with Crippen LogP contribution in [0.3, 0.4) is 0 Å². The molecular formula is C14H19N. The van der Waals surface area contributed by atoms with Gasteiger partial charge in [-0.1, -0.05) is 35.9 Å². The van der Waals surface area contributed by atoms with Gasteiger partial charge in [0.25, 0.3) is 0 Å². The minimum absolute atomic E-state index is 0.566. The van der Waals surface area contributed by atoms with Crippen LogP contribution in [0.5, 0.6) is 0 Å². The molecule has 0 saturated heterocycles. The number of aryl methyl sites for hydroxylation is 1. The van der Waals surface area contributed by atoms with E-state index in [0.717, 1.165) is 6.54 Å². The molecule has 0 fully saturated rings. The van der Waals surface area contributed by atoms with Crippen LogP contribution in [-0.2, 0) is 6.42 Å². The SMILES string of the molecule is CC(C)=CCNC1CCc2ccccc21. The molecule has 0 saturated carbocycles. The molecule has 1 unspecified atom stereocenters. The minimum Gasteiger partial charge on any atom is -0.306 e. The summed E-state index contributed by atoms with van der Waals surface area (Å²) >= 11 is 0. The Kier molecular flexibility index (Phi) is 3.22. The van der Waals surface area contributed by atoms with Crippen LogP contribution in [0.25, 0.3) is 0 Å². The molecule has 0 amide bonds. The molecule has 1 aromatic rings. The number of benzene rings is 1. The van der Waals surface area contributed by atoms with E-state index >= 15 is 0 Å². The lowest BCUT2D eigenvalue weighted by Gasteiger charge is -2.12. The molecule has 0 heterocycles. The summed E-state index contributed by atoms with van der Waals surface area (Å²) in [6.45, 7) is 5.27. The van der Waals surface area contributed by atoms with Gasteiger partial charge in [0.05, 0.1) is 0 Å². The van der Waals surface area contributed by atoms with Gasteiger partial charge in [0.15, 0.2) is 0 Å². The predicted molar refractivity (Wildman–Crippen MR) is 64.9 cm³/mol. The van der Waals surface area contributed by atoms with E-state index in [1.54, 1.807) is 0 Å². The van der Waals surface area contributed by atoms with Crippen molar-refractivity contribution in [1.82, 2.24) is 5.32 Å². The zero-order valence-electron chi connectivity index (χ0n) is 9.59. The van der Waals surface area contributed by atoms with Crippen molar-refractivity contribution in [1.29, 1.82) is 0 Å². The fraction of sp³-hybridized carbons (Fsp3) is 0.429. The summed E-state index contributed by atoms with van der Waals surface area (Å²) in [4.78, 5) is 0. The Morgan fingerprint density at radius 3 is 3.00 bits per heavy atom. The highest BCUT2D eigenvalue weighted by atomic mass is 14.9. The Hall–Kier alpha value is -1.08. The Labute approximate surface area is 92.2 Å². The van der Waals surface area contributed by atoms with Gasteiger partial charge in [-0.15, -0.1) is 0 Å². The van der Waals surface area contributed by atoms with Crippen LogP contribution < -0.4 is 5.32 Å². The zero-order chi connectivity index (χ0) is 10.7. The first kappa shape index (κ1) is 10.4. The quantitative estimate of drug-likeness (QED) is 0.740. The summed E-state index contributed by atoms with van der Waals surface area (Å²) in [5, 5.41) is 3.59. The van der Waals surface area contributed by atoms with Crippen molar-refractivity contribution < 1.29 is 0 Å². The Morgan fingerprint density at radius 2 is 2.20 bits per heavy atom. The number of fused-ring (bicyclic) bond motifs is 1. The highest BCUT2D eigenvalue weighted by Gasteiger charge is 2.20. The third-order valence-corrected chi connectivity index (χ3v) is 3.01. The molecule has 0 aromatic heterocycles. The average molecular weight is 201 g/mol. The normalized spacial score (nSPS) is 18.7. The number of nitrogens with one attached hydrogen (secondary N) is 1. The Balaban J connectivity index is 1.99. The van der Waals surface area contributed by atoms with Crippen LogP contribution >= 0.6 is 0 Å². The molecule has 15 heavy (non-hydrogen) atoms. The molecule has 0 aliphatic heterocycles. The van der Waals surface area contributed by atoms with Gasteiger partial charge < -0.3 is 5.32 Å². The van der Waals surface area contributed by atoms with Gasteiger partial charge in [0.2, 0.25) is 0 Å². The van der Waals surface area contributed by atoms with E-state index in [0.29, 0.717) is 6.04 Å². The fourth-order valence-corrected chi connectivity index (χ4v) is 2.17. The smallest absolute Gasteiger partial charge is 0.0328 e. The van der Waals surface area contributed by atoms with Crippen molar-refractivity contribution in [3.63, 3.8) is 0 Å². The van der Waals surface area contributed by atoms with Crippen LogP contribution in [0, 0.1) is 0 Å². The average Bonchev–Trinajstić information content (AvgIpc) is 2.62. The first-order valence-corrected chi connectivity index (χ1v) is 5.72. The summed E-state index contributed by atoms with van der Waals surface area (Å²) in [7, 11) is 0. The number of allylic oxidation sites excluding steroid dienone is 1. The lowest BCUT2D eigenvalue weighted by atomic mass is 10.1. The van der Waals surface area contributed by atoms with Crippen LogP contribution in [-0.4, -0.2) is 6.54 Å². The molecule has 0 radical (unpaired) electrons. The topological polar surface area (TPSA) is 12.0 Å². The maximum atomic E-state index is 3.59. The number of rotatable bonds is 3. The van der Waals surface area contributed by atoms with E-state index in [1.165, 1.54) is 29.5 Å². The number of hydrogen-bond acceptors (Lipinski definition) is 1.